The van der Waals surface area contributed by atoms with Crippen molar-refractivity contribution in [1.82, 2.24) is 14.8 Å². The monoisotopic (exact) mass is 156 g/mol. The van der Waals surface area contributed by atoms with Crippen LogP contribution in [0.3, 0.4) is 0 Å². The number of rotatable bonds is 3. The summed E-state index contributed by atoms with van der Waals surface area (Å²) in [6.45, 7) is 3.20. The molecule has 1 aromatic rings. The number of nitrogen functional groups attached to an aromatic ring is 1. The van der Waals surface area contributed by atoms with E-state index in [1.54, 1.807) is 7.11 Å². The van der Waals surface area contributed by atoms with Crippen molar-refractivity contribution in [2.24, 2.45) is 0 Å². The minimum Gasteiger partial charge on any atom is -0.383 e. The Balaban J connectivity index is 2.67. The van der Waals surface area contributed by atoms with Crippen molar-refractivity contribution in [2.75, 3.05) is 19.5 Å². The summed E-state index contributed by atoms with van der Waals surface area (Å²) in [4.78, 5) is 0. The molecule has 0 spiro atoms. The lowest BCUT2D eigenvalue weighted by atomic mass is 10.6. The average Bonchev–Trinajstić information content (AvgIpc) is 2.29. The SMILES string of the molecule is COCCn1c(C)nnc1N. The number of hydrogen-bond donors (Lipinski definition) is 1. The zero-order chi connectivity index (χ0) is 8.27. The van der Waals surface area contributed by atoms with Gasteiger partial charge < -0.3 is 10.5 Å². The molecule has 1 heterocycles. The standard InChI is InChI=1S/C6H12N4O/c1-5-8-9-6(7)10(5)3-4-11-2/h3-4H2,1-2H3,(H2,7,9). The Morgan fingerprint density at radius 2 is 2.27 bits per heavy atom. The van der Waals surface area contributed by atoms with E-state index >= 15 is 0 Å². The quantitative estimate of drug-likeness (QED) is 0.659. The molecule has 0 aliphatic rings. The summed E-state index contributed by atoms with van der Waals surface area (Å²) in [7, 11) is 1.65. The number of ether oxygens (including phenoxy) is 1. The zero-order valence-corrected chi connectivity index (χ0v) is 6.74. The number of nitrogens with two attached hydrogens (primary N) is 1. The van der Waals surface area contributed by atoms with Gasteiger partial charge in [-0.1, -0.05) is 0 Å². The number of nitrogens with zero attached hydrogens (tertiary/aromatic N) is 3. The van der Waals surface area contributed by atoms with Crippen LogP contribution in [0.25, 0.3) is 0 Å². The first-order valence-corrected chi connectivity index (χ1v) is 3.40. The van der Waals surface area contributed by atoms with E-state index in [0.717, 1.165) is 5.82 Å². The van der Waals surface area contributed by atoms with Crippen LogP contribution >= 0.6 is 0 Å². The normalized spacial score (nSPS) is 10.4. The maximum Gasteiger partial charge on any atom is 0.222 e. The van der Waals surface area contributed by atoms with Crippen molar-refractivity contribution in [3.63, 3.8) is 0 Å². The Morgan fingerprint density at radius 1 is 1.55 bits per heavy atom. The molecule has 11 heavy (non-hydrogen) atoms. The first kappa shape index (κ1) is 8.00. The van der Waals surface area contributed by atoms with Crippen molar-refractivity contribution in [3.8, 4) is 0 Å². The summed E-state index contributed by atoms with van der Waals surface area (Å²) >= 11 is 0. The van der Waals surface area contributed by atoms with Gasteiger partial charge in [-0.2, -0.15) is 0 Å². The molecule has 0 saturated carbocycles. The Morgan fingerprint density at radius 3 is 2.73 bits per heavy atom. The fraction of sp³-hybridized carbons (Fsp3) is 0.667. The Hall–Kier alpha value is -1.10. The van der Waals surface area contributed by atoms with E-state index in [0.29, 0.717) is 19.1 Å². The Kier molecular flexibility index (Phi) is 2.43. The molecular formula is C6H12N4O. The molecule has 0 aliphatic heterocycles. The molecule has 5 heteroatoms. The summed E-state index contributed by atoms with van der Waals surface area (Å²) in [5, 5.41) is 7.51. The number of hydrogen-bond acceptors (Lipinski definition) is 4. The molecular weight excluding hydrogens is 144 g/mol. The highest BCUT2D eigenvalue weighted by Gasteiger charge is 2.02. The Labute approximate surface area is 65.2 Å². The largest absolute Gasteiger partial charge is 0.383 e. The van der Waals surface area contributed by atoms with Crippen molar-refractivity contribution >= 4 is 5.95 Å². The molecule has 0 amide bonds. The Bertz CT molecular complexity index is 213. The molecule has 0 aromatic carbocycles. The minimum atomic E-state index is 0.444. The van der Waals surface area contributed by atoms with E-state index in [2.05, 4.69) is 10.2 Å². The van der Waals surface area contributed by atoms with Gasteiger partial charge >= 0.3 is 0 Å². The molecule has 2 N–H and O–H groups in total. The smallest absolute Gasteiger partial charge is 0.222 e. The van der Waals surface area contributed by atoms with Gasteiger partial charge in [-0.3, -0.25) is 4.57 Å². The molecule has 0 saturated heterocycles. The molecule has 5 nitrogen and oxygen atoms in total. The van der Waals surface area contributed by atoms with Crippen LogP contribution in [-0.2, 0) is 11.3 Å². The molecule has 1 aromatic heterocycles. The fourth-order valence-electron chi connectivity index (χ4n) is 0.856. The first-order valence-electron chi connectivity index (χ1n) is 3.40. The van der Waals surface area contributed by atoms with E-state index in [4.69, 9.17) is 10.5 Å². The lowest BCUT2D eigenvalue weighted by Crippen LogP contribution is -2.09. The van der Waals surface area contributed by atoms with Crippen molar-refractivity contribution in [3.05, 3.63) is 5.82 Å². The van der Waals surface area contributed by atoms with Crippen molar-refractivity contribution in [1.29, 1.82) is 0 Å². The van der Waals surface area contributed by atoms with Gasteiger partial charge in [-0.25, -0.2) is 0 Å². The number of methoxy groups -OCH3 is 1. The van der Waals surface area contributed by atoms with E-state index in [1.807, 2.05) is 11.5 Å². The third kappa shape index (κ3) is 1.68. The summed E-state index contributed by atoms with van der Waals surface area (Å²) < 4.78 is 6.70. The number of aryl methyl sites for hydroxylation is 1. The van der Waals surface area contributed by atoms with Gasteiger partial charge in [-0.05, 0) is 6.92 Å². The lowest BCUT2D eigenvalue weighted by Gasteiger charge is -2.03. The molecule has 0 aliphatic carbocycles. The third-order valence-corrected chi connectivity index (χ3v) is 1.48. The van der Waals surface area contributed by atoms with Gasteiger partial charge in [0.15, 0.2) is 0 Å². The number of aromatic nitrogens is 3. The highest BCUT2D eigenvalue weighted by molar-refractivity contribution is 5.16. The molecule has 0 radical (unpaired) electrons. The highest BCUT2D eigenvalue weighted by Crippen LogP contribution is 2.00. The van der Waals surface area contributed by atoms with Crippen LogP contribution in [0.4, 0.5) is 5.95 Å². The maximum absolute atomic E-state index is 5.52. The minimum absolute atomic E-state index is 0.444. The molecule has 1 rings (SSSR count). The summed E-state index contributed by atoms with van der Waals surface area (Å²) in [6.07, 6.45) is 0. The van der Waals surface area contributed by atoms with E-state index in [1.165, 1.54) is 0 Å². The van der Waals surface area contributed by atoms with Gasteiger partial charge in [0.2, 0.25) is 5.95 Å². The average molecular weight is 156 g/mol. The molecule has 0 bridgehead atoms. The summed E-state index contributed by atoms with van der Waals surface area (Å²) in [5.74, 6) is 1.26. The van der Waals surface area contributed by atoms with Crippen LogP contribution in [0.1, 0.15) is 5.82 Å². The lowest BCUT2D eigenvalue weighted by molar-refractivity contribution is 0.187. The second-order valence-corrected chi connectivity index (χ2v) is 2.25. The zero-order valence-electron chi connectivity index (χ0n) is 6.74. The predicted octanol–water partition coefficient (Wildman–Crippen LogP) is -0.185. The fourth-order valence-corrected chi connectivity index (χ4v) is 0.856. The summed E-state index contributed by atoms with van der Waals surface area (Å²) in [5.41, 5.74) is 5.52. The van der Waals surface area contributed by atoms with Crippen LogP contribution in [0.15, 0.2) is 0 Å². The van der Waals surface area contributed by atoms with Gasteiger partial charge in [0, 0.05) is 7.11 Å². The second-order valence-electron chi connectivity index (χ2n) is 2.25. The van der Waals surface area contributed by atoms with Crippen LogP contribution in [0, 0.1) is 6.92 Å². The molecule has 0 unspecified atom stereocenters. The second kappa shape index (κ2) is 3.34. The maximum atomic E-state index is 5.52. The topological polar surface area (TPSA) is 66.0 Å². The van der Waals surface area contributed by atoms with Crippen LogP contribution in [-0.4, -0.2) is 28.5 Å². The van der Waals surface area contributed by atoms with E-state index in [-0.39, 0.29) is 0 Å². The molecule has 0 fully saturated rings. The van der Waals surface area contributed by atoms with Crippen LogP contribution in [0.2, 0.25) is 0 Å². The highest BCUT2D eigenvalue weighted by atomic mass is 16.5. The summed E-state index contributed by atoms with van der Waals surface area (Å²) in [6, 6.07) is 0. The van der Waals surface area contributed by atoms with Crippen molar-refractivity contribution in [2.45, 2.75) is 13.5 Å². The van der Waals surface area contributed by atoms with Crippen molar-refractivity contribution < 1.29 is 4.74 Å². The van der Waals surface area contributed by atoms with Gasteiger partial charge in [0.05, 0.1) is 13.2 Å². The predicted molar refractivity (Wildman–Crippen MR) is 41.0 cm³/mol. The molecule has 62 valence electrons. The number of anilines is 1. The van der Waals surface area contributed by atoms with E-state index in [9.17, 15) is 0 Å². The van der Waals surface area contributed by atoms with Gasteiger partial charge in [0.25, 0.3) is 0 Å². The molecule has 0 atom stereocenters. The first-order chi connectivity index (χ1) is 5.25. The van der Waals surface area contributed by atoms with E-state index < -0.39 is 0 Å². The van der Waals surface area contributed by atoms with Crippen LogP contribution < -0.4 is 5.73 Å². The van der Waals surface area contributed by atoms with Gasteiger partial charge in [-0.15, -0.1) is 10.2 Å². The third-order valence-electron chi connectivity index (χ3n) is 1.48. The van der Waals surface area contributed by atoms with Crippen LogP contribution in [0.5, 0.6) is 0 Å². The van der Waals surface area contributed by atoms with Gasteiger partial charge in [0.1, 0.15) is 5.82 Å².